The van der Waals surface area contributed by atoms with Crippen LogP contribution in [0.1, 0.15) is 25.7 Å². The van der Waals surface area contributed by atoms with Crippen molar-refractivity contribution in [1.29, 1.82) is 0 Å². The summed E-state index contributed by atoms with van der Waals surface area (Å²) in [4.78, 5) is 23.1. The fourth-order valence-corrected chi connectivity index (χ4v) is 8.47. The van der Waals surface area contributed by atoms with Crippen LogP contribution in [0.2, 0.25) is 0 Å². The summed E-state index contributed by atoms with van der Waals surface area (Å²) in [5.41, 5.74) is 0.517. The van der Waals surface area contributed by atoms with Gasteiger partial charge >= 0.3 is 5.97 Å². The Morgan fingerprint density at radius 2 is 1.28 bits per heavy atom. The van der Waals surface area contributed by atoms with Gasteiger partial charge in [-0.2, -0.15) is 40.2 Å². The van der Waals surface area contributed by atoms with Crippen molar-refractivity contribution >= 4 is 99.1 Å². The Labute approximate surface area is 310 Å². The van der Waals surface area contributed by atoms with E-state index in [1.165, 1.54) is 30.3 Å². The maximum Gasteiger partial charge on any atom is 0.306 e. The van der Waals surface area contributed by atoms with Gasteiger partial charge in [0.25, 0.3) is 30.4 Å². The number of carbonyl (C=O) groups is 1. The fraction of sp³-hybridized carbons (Fsp3) is 0.200. The third-order valence-corrected chi connectivity index (χ3v) is 11.5. The van der Waals surface area contributed by atoms with Crippen molar-refractivity contribution in [1.82, 2.24) is 15.0 Å². The fourth-order valence-electron chi connectivity index (χ4n) is 5.94. The third-order valence-electron chi connectivity index (χ3n) is 8.31. The number of aromatic nitrogens is 3. The molecule has 0 aliphatic heterocycles. The summed E-state index contributed by atoms with van der Waals surface area (Å²) in [7, 11) is -14.5. The second-order valence-corrected chi connectivity index (χ2v) is 16.9. The number of carboxylic acid groups (broad SMARTS) is 1. The van der Waals surface area contributed by atoms with E-state index in [9.17, 15) is 48.8 Å². The van der Waals surface area contributed by atoms with E-state index in [-0.39, 0.29) is 57.0 Å². The molecule has 286 valence electrons. The summed E-state index contributed by atoms with van der Waals surface area (Å²) >= 11 is 0.479. The summed E-state index contributed by atoms with van der Waals surface area (Å²) < 4.78 is 105. The van der Waals surface area contributed by atoms with E-state index in [1.54, 1.807) is 12.1 Å². The Kier molecular flexibility index (Phi) is 10.9. The van der Waals surface area contributed by atoms with Crippen molar-refractivity contribution in [2.24, 2.45) is 5.92 Å². The SMILES string of the molecule is O=C(O)C1CCCC(Nc2nc(Nc3ccc4c(SOOO)cc(S(=O)(=O)O)cc4c3)nc(Nc3ccc4c(S(=O)(=O)O)cc(S(=O)(=O)O)cc4c3)n2)C1. The van der Waals surface area contributed by atoms with Gasteiger partial charge in [0, 0.05) is 27.7 Å². The highest BCUT2D eigenvalue weighted by Crippen LogP contribution is 2.35. The maximum absolute atomic E-state index is 12.1. The van der Waals surface area contributed by atoms with Gasteiger partial charge in [-0.3, -0.25) is 18.5 Å². The lowest BCUT2D eigenvalue weighted by molar-refractivity contribution is -0.432. The van der Waals surface area contributed by atoms with Gasteiger partial charge in [-0.05, 0) is 84.0 Å². The van der Waals surface area contributed by atoms with E-state index in [2.05, 4.69) is 40.3 Å². The first kappa shape index (κ1) is 38.9. The zero-order valence-electron chi connectivity index (χ0n) is 27.1. The largest absolute Gasteiger partial charge is 0.481 e. The zero-order valence-corrected chi connectivity index (χ0v) is 30.4. The Bertz CT molecular complexity index is 2630. The summed E-state index contributed by atoms with van der Waals surface area (Å²) in [5, 5.41) is 31.5. The standard InChI is InChI=1S/C30H28N6O14S4/c37-27(38)15-2-1-3-18(8-15)31-28-34-29(32-19-4-6-23-16(9-19)11-21(52(40,41)42)13-25(23)51-50-49-39)36-30(35-28)33-20-5-7-24-17(10-20)12-22(53(43,44)45)14-26(24)54(46,47)48/h4-7,9-15,18,39H,1-3,8H2,(H,37,38)(H,40,41,42)(H,43,44,45)(H,46,47,48)(H3,31,32,33,34,35,36). The molecule has 0 bridgehead atoms. The first-order valence-corrected chi connectivity index (χ1v) is 20.5. The number of nitrogens with one attached hydrogen (secondary N) is 3. The third kappa shape index (κ3) is 9.12. The Hall–Kier alpha value is -4.76. The lowest BCUT2D eigenvalue weighted by atomic mass is 9.86. The van der Waals surface area contributed by atoms with Crippen LogP contribution in [0.5, 0.6) is 0 Å². The van der Waals surface area contributed by atoms with Gasteiger partial charge in [0.15, 0.2) is 0 Å². The van der Waals surface area contributed by atoms with Crippen molar-refractivity contribution in [2.75, 3.05) is 16.0 Å². The molecule has 0 saturated heterocycles. The van der Waals surface area contributed by atoms with Crippen LogP contribution in [0.25, 0.3) is 21.5 Å². The Morgan fingerprint density at radius 3 is 1.83 bits per heavy atom. The molecule has 0 spiro atoms. The highest BCUT2D eigenvalue weighted by molar-refractivity contribution is 7.94. The highest BCUT2D eigenvalue weighted by atomic mass is 32.2. The molecule has 54 heavy (non-hydrogen) atoms. The Balaban J connectivity index is 1.40. The number of hydrogen-bond donors (Lipinski definition) is 8. The molecule has 0 radical (unpaired) electrons. The predicted octanol–water partition coefficient (Wildman–Crippen LogP) is 4.89. The first-order valence-electron chi connectivity index (χ1n) is 15.4. The maximum atomic E-state index is 12.1. The number of aliphatic carboxylic acids is 1. The summed E-state index contributed by atoms with van der Waals surface area (Å²) in [6, 6.07) is 12.2. The molecule has 1 heterocycles. The average Bonchev–Trinajstić information content (AvgIpc) is 3.08. The topological polar surface area (TPSA) is 314 Å². The van der Waals surface area contributed by atoms with E-state index in [1.807, 2.05) is 0 Å². The van der Waals surface area contributed by atoms with E-state index in [0.717, 1.165) is 12.1 Å². The minimum Gasteiger partial charge on any atom is -0.481 e. The molecular weight excluding hydrogens is 797 g/mol. The van der Waals surface area contributed by atoms with E-state index >= 15 is 0 Å². The van der Waals surface area contributed by atoms with Gasteiger partial charge in [-0.25, -0.2) is 5.26 Å². The van der Waals surface area contributed by atoms with Crippen LogP contribution in [-0.2, 0) is 44.5 Å². The normalized spacial score (nSPS) is 16.7. The van der Waals surface area contributed by atoms with E-state index in [4.69, 9.17) is 5.26 Å². The monoisotopic (exact) mass is 824 g/mol. The number of benzene rings is 4. The molecule has 6 rings (SSSR count). The van der Waals surface area contributed by atoms with Crippen molar-refractivity contribution < 1.29 is 63.4 Å². The average molecular weight is 825 g/mol. The minimum atomic E-state index is -4.93. The second-order valence-electron chi connectivity index (χ2n) is 12.0. The van der Waals surface area contributed by atoms with Crippen LogP contribution in [0, 0.1) is 5.92 Å². The quantitative estimate of drug-likeness (QED) is 0.0339. The molecule has 5 aromatic rings. The molecule has 0 amide bonds. The molecule has 8 N–H and O–H groups in total. The Morgan fingerprint density at radius 1 is 0.722 bits per heavy atom. The van der Waals surface area contributed by atoms with Crippen LogP contribution in [0.15, 0.2) is 80.2 Å². The molecule has 1 fully saturated rings. The molecule has 1 aliphatic carbocycles. The van der Waals surface area contributed by atoms with Gasteiger partial charge in [-0.15, -0.1) is 4.33 Å². The highest BCUT2D eigenvalue weighted by Gasteiger charge is 2.28. The summed E-state index contributed by atoms with van der Waals surface area (Å²) in [6.07, 6.45) is 2.04. The first-order chi connectivity index (χ1) is 25.4. The van der Waals surface area contributed by atoms with Gasteiger partial charge in [-0.1, -0.05) is 23.6 Å². The lowest BCUT2D eigenvalue weighted by Crippen LogP contribution is -2.31. The van der Waals surface area contributed by atoms with Gasteiger partial charge in [0.2, 0.25) is 17.8 Å². The minimum absolute atomic E-state index is 0.00988. The predicted molar refractivity (Wildman–Crippen MR) is 191 cm³/mol. The summed E-state index contributed by atoms with van der Waals surface area (Å²) in [5.74, 6) is -1.68. The number of nitrogens with zero attached hydrogens (tertiary/aromatic N) is 3. The smallest absolute Gasteiger partial charge is 0.306 e. The number of rotatable bonds is 13. The number of fused-ring (bicyclic) bond motifs is 2. The van der Waals surface area contributed by atoms with Crippen molar-refractivity contribution in [3.05, 3.63) is 60.7 Å². The number of hydrogen-bond acceptors (Lipinski definition) is 17. The van der Waals surface area contributed by atoms with Crippen LogP contribution >= 0.6 is 12.0 Å². The lowest BCUT2D eigenvalue weighted by Gasteiger charge is -2.27. The van der Waals surface area contributed by atoms with E-state index < -0.39 is 56.9 Å². The summed E-state index contributed by atoms with van der Waals surface area (Å²) in [6.45, 7) is 0. The molecule has 20 nitrogen and oxygen atoms in total. The molecular formula is C30H28N6O14S4. The molecule has 1 saturated carbocycles. The van der Waals surface area contributed by atoms with Gasteiger partial charge in [0.05, 0.1) is 27.8 Å². The molecule has 2 unspecified atom stereocenters. The number of carboxylic acids is 1. The van der Waals surface area contributed by atoms with Crippen LogP contribution < -0.4 is 16.0 Å². The molecule has 4 aromatic carbocycles. The van der Waals surface area contributed by atoms with Crippen LogP contribution in [-0.4, -0.2) is 76.2 Å². The molecule has 24 heteroatoms. The van der Waals surface area contributed by atoms with E-state index in [0.29, 0.717) is 48.4 Å². The van der Waals surface area contributed by atoms with Crippen molar-refractivity contribution in [3.8, 4) is 0 Å². The second kappa shape index (κ2) is 15.2. The molecule has 2 atom stereocenters. The van der Waals surface area contributed by atoms with Crippen LogP contribution in [0.3, 0.4) is 0 Å². The molecule has 1 aromatic heterocycles. The molecule has 1 aliphatic rings. The zero-order chi connectivity index (χ0) is 39.0. The van der Waals surface area contributed by atoms with Crippen molar-refractivity contribution in [2.45, 2.75) is 51.3 Å². The van der Waals surface area contributed by atoms with Crippen LogP contribution in [0.4, 0.5) is 29.2 Å². The number of anilines is 5. The van der Waals surface area contributed by atoms with Gasteiger partial charge in [0.1, 0.15) is 4.90 Å². The van der Waals surface area contributed by atoms with Gasteiger partial charge < -0.3 is 21.1 Å². The van der Waals surface area contributed by atoms with Crippen molar-refractivity contribution in [3.63, 3.8) is 0 Å².